The van der Waals surface area contributed by atoms with Crippen molar-refractivity contribution < 1.29 is 9.53 Å². The molecular weight excluding hydrogens is 312 g/mol. The number of nitrogens with zero attached hydrogens (tertiary/aromatic N) is 3. The minimum Gasteiger partial charge on any atom is -0.496 e. The van der Waals surface area contributed by atoms with Crippen molar-refractivity contribution in [1.29, 1.82) is 0 Å². The Kier molecular flexibility index (Phi) is 4.58. The number of rotatable bonds is 5. The number of pyridine rings is 1. The maximum Gasteiger partial charge on any atom is 0.273 e. The summed E-state index contributed by atoms with van der Waals surface area (Å²) < 4.78 is 9.14. The number of para-hydroxylation sites is 1. The molecule has 0 saturated carbocycles. The average molecular weight is 326 g/mol. The first-order valence-corrected chi connectivity index (χ1v) is 7.75. The molecule has 0 fully saturated rings. The summed E-state index contributed by atoms with van der Waals surface area (Å²) in [5, 5.41) is 8.36. The summed E-state index contributed by atoms with van der Waals surface area (Å²) >= 11 is 1.13. The molecule has 0 aliphatic carbocycles. The molecule has 0 spiro atoms. The summed E-state index contributed by atoms with van der Waals surface area (Å²) in [5.41, 5.74) is 1.82. The van der Waals surface area contributed by atoms with Gasteiger partial charge in [0.25, 0.3) is 5.91 Å². The van der Waals surface area contributed by atoms with Crippen molar-refractivity contribution in [1.82, 2.24) is 19.9 Å². The minimum absolute atomic E-state index is 0.283. The van der Waals surface area contributed by atoms with Gasteiger partial charge in [0.1, 0.15) is 11.8 Å². The zero-order valence-electron chi connectivity index (χ0n) is 12.3. The number of amides is 1. The van der Waals surface area contributed by atoms with Crippen LogP contribution in [0.25, 0.3) is 0 Å². The summed E-state index contributed by atoms with van der Waals surface area (Å²) in [6, 6.07) is 12.6. The van der Waals surface area contributed by atoms with Crippen molar-refractivity contribution in [2.24, 2.45) is 0 Å². The van der Waals surface area contributed by atoms with Crippen LogP contribution in [0.2, 0.25) is 0 Å². The molecule has 0 aliphatic heterocycles. The van der Waals surface area contributed by atoms with Crippen LogP contribution in [0.5, 0.6) is 5.75 Å². The Morgan fingerprint density at radius 3 is 2.74 bits per heavy atom. The van der Waals surface area contributed by atoms with E-state index in [0.29, 0.717) is 11.4 Å². The van der Waals surface area contributed by atoms with E-state index in [-0.39, 0.29) is 11.6 Å². The highest BCUT2D eigenvalue weighted by atomic mass is 32.1. The highest BCUT2D eigenvalue weighted by Gasteiger charge is 2.22. The van der Waals surface area contributed by atoms with Gasteiger partial charge in [0.15, 0.2) is 5.69 Å². The first-order chi connectivity index (χ1) is 11.3. The lowest BCUT2D eigenvalue weighted by atomic mass is 10.0. The molecule has 0 radical (unpaired) electrons. The number of aromatic nitrogens is 3. The van der Waals surface area contributed by atoms with Crippen molar-refractivity contribution in [2.75, 3.05) is 7.11 Å². The summed E-state index contributed by atoms with van der Waals surface area (Å²) in [5.74, 6) is 0.375. The predicted molar refractivity (Wildman–Crippen MR) is 86.4 cm³/mol. The van der Waals surface area contributed by atoms with Gasteiger partial charge >= 0.3 is 0 Å². The van der Waals surface area contributed by atoms with E-state index >= 15 is 0 Å². The van der Waals surface area contributed by atoms with Crippen LogP contribution in [0, 0.1) is 0 Å². The number of hydrogen-bond acceptors (Lipinski definition) is 6. The van der Waals surface area contributed by atoms with Crippen molar-refractivity contribution >= 4 is 17.4 Å². The zero-order valence-corrected chi connectivity index (χ0v) is 13.2. The quantitative estimate of drug-likeness (QED) is 0.779. The third kappa shape index (κ3) is 3.35. The maximum absolute atomic E-state index is 12.4. The molecule has 1 atom stereocenters. The molecule has 6 nitrogen and oxygen atoms in total. The van der Waals surface area contributed by atoms with E-state index in [4.69, 9.17) is 4.74 Å². The van der Waals surface area contributed by atoms with Crippen LogP contribution < -0.4 is 10.1 Å². The van der Waals surface area contributed by atoms with Crippen LogP contribution in [0.1, 0.15) is 27.8 Å². The Balaban J connectivity index is 1.99. The van der Waals surface area contributed by atoms with Crippen LogP contribution in [-0.4, -0.2) is 27.6 Å². The summed E-state index contributed by atoms with van der Waals surface area (Å²) in [4.78, 5) is 16.7. The molecule has 2 heterocycles. The molecule has 1 N–H and O–H groups in total. The average Bonchev–Trinajstić information content (AvgIpc) is 3.15. The molecule has 1 aromatic carbocycles. The van der Waals surface area contributed by atoms with Gasteiger partial charge in [0.2, 0.25) is 0 Å². The molecule has 7 heteroatoms. The van der Waals surface area contributed by atoms with Crippen LogP contribution in [-0.2, 0) is 0 Å². The van der Waals surface area contributed by atoms with Crippen LogP contribution in [0.4, 0.5) is 0 Å². The van der Waals surface area contributed by atoms with E-state index in [2.05, 4.69) is 19.9 Å². The van der Waals surface area contributed by atoms with E-state index in [1.165, 1.54) is 0 Å². The van der Waals surface area contributed by atoms with E-state index < -0.39 is 6.04 Å². The van der Waals surface area contributed by atoms with Gasteiger partial charge < -0.3 is 10.1 Å². The second kappa shape index (κ2) is 6.97. The zero-order chi connectivity index (χ0) is 16.1. The topological polar surface area (TPSA) is 77.0 Å². The van der Waals surface area contributed by atoms with Gasteiger partial charge in [-0.25, -0.2) is 0 Å². The van der Waals surface area contributed by atoms with Crippen LogP contribution in [0.3, 0.4) is 0 Å². The monoisotopic (exact) mass is 326 g/mol. The molecular formula is C16H14N4O2S. The summed E-state index contributed by atoms with van der Waals surface area (Å²) in [6.45, 7) is 0. The first kappa shape index (κ1) is 15.1. The summed E-state index contributed by atoms with van der Waals surface area (Å²) in [7, 11) is 1.60. The number of carbonyl (C=O) groups is 1. The smallest absolute Gasteiger partial charge is 0.273 e. The molecule has 0 aliphatic rings. The Labute approximate surface area is 137 Å². The Morgan fingerprint density at radius 2 is 2.04 bits per heavy atom. The lowest BCUT2D eigenvalue weighted by Gasteiger charge is -2.20. The fraction of sp³-hybridized carbons (Fsp3) is 0.125. The standard InChI is InChI=1S/C16H14N4O2S/c1-22-14-8-3-2-6-11(14)15(12-7-4-5-9-17-12)18-16(21)13-10-23-20-19-13/h2-10,15H,1H3,(H,18,21). The SMILES string of the molecule is COc1ccccc1C(NC(=O)c1csnn1)c1ccccn1. The number of benzene rings is 1. The second-order valence-electron chi connectivity index (χ2n) is 4.69. The van der Waals surface area contributed by atoms with Gasteiger partial charge in [0, 0.05) is 17.1 Å². The molecule has 116 valence electrons. The van der Waals surface area contributed by atoms with Crippen molar-refractivity contribution in [2.45, 2.75) is 6.04 Å². The number of methoxy groups -OCH3 is 1. The molecule has 2 aromatic heterocycles. The van der Waals surface area contributed by atoms with E-state index in [1.54, 1.807) is 18.7 Å². The fourth-order valence-electron chi connectivity index (χ4n) is 2.23. The van der Waals surface area contributed by atoms with Crippen LogP contribution in [0.15, 0.2) is 54.0 Å². The number of nitrogens with one attached hydrogen (secondary N) is 1. The number of ether oxygens (including phenoxy) is 1. The van der Waals surface area contributed by atoms with Gasteiger partial charge in [-0.15, -0.1) is 5.10 Å². The molecule has 1 unspecified atom stereocenters. The fourth-order valence-corrected chi connectivity index (χ4v) is 2.67. The van der Waals surface area contributed by atoms with Gasteiger partial charge in [-0.1, -0.05) is 28.8 Å². The van der Waals surface area contributed by atoms with Gasteiger partial charge in [-0.3, -0.25) is 9.78 Å². The van der Waals surface area contributed by atoms with E-state index in [0.717, 1.165) is 17.1 Å². The third-order valence-electron chi connectivity index (χ3n) is 3.30. The molecule has 0 bridgehead atoms. The van der Waals surface area contributed by atoms with Crippen LogP contribution >= 0.6 is 11.5 Å². The largest absolute Gasteiger partial charge is 0.496 e. The van der Waals surface area contributed by atoms with E-state index in [9.17, 15) is 4.79 Å². The lowest BCUT2D eigenvalue weighted by molar-refractivity contribution is 0.0937. The molecule has 3 aromatic rings. The first-order valence-electron chi connectivity index (χ1n) is 6.91. The molecule has 1 amide bonds. The van der Waals surface area contributed by atoms with Gasteiger partial charge in [-0.05, 0) is 29.7 Å². The molecule has 3 rings (SSSR count). The van der Waals surface area contributed by atoms with Crippen molar-refractivity contribution in [3.8, 4) is 5.75 Å². The Bertz CT molecular complexity index is 778. The van der Waals surface area contributed by atoms with Gasteiger partial charge in [-0.2, -0.15) is 0 Å². The second-order valence-corrected chi connectivity index (χ2v) is 5.30. The number of hydrogen-bond donors (Lipinski definition) is 1. The maximum atomic E-state index is 12.4. The van der Waals surface area contributed by atoms with E-state index in [1.807, 2.05) is 42.5 Å². The number of carbonyl (C=O) groups excluding carboxylic acids is 1. The highest BCUT2D eigenvalue weighted by molar-refractivity contribution is 7.03. The third-order valence-corrected chi connectivity index (χ3v) is 3.81. The molecule has 23 heavy (non-hydrogen) atoms. The normalized spacial score (nSPS) is 11.7. The highest BCUT2D eigenvalue weighted by Crippen LogP contribution is 2.29. The predicted octanol–water partition coefficient (Wildman–Crippen LogP) is 2.46. The summed E-state index contributed by atoms with van der Waals surface area (Å²) in [6.07, 6.45) is 1.69. The van der Waals surface area contributed by atoms with Crippen molar-refractivity contribution in [3.05, 3.63) is 71.0 Å². The molecule has 0 saturated heterocycles. The van der Waals surface area contributed by atoms with Gasteiger partial charge in [0.05, 0.1) is 12.8 Å². The van der Waals surface area contributed by atoms with Crippen molar-refractivity contribution in [3.63, 3.8) is 0 Å². The minimum atomic E-state index is -0.443. The lowest BCUT2D eigenvalue weighted by Crippen LogP contribution is -2.30. The Hall–Kier alpha value is -2.80. The Morgan fingerprint density at radius 1 is 1.22 bits per heavy atom.